The van der Waals surface area contributed by atoms with E-state index in [1.807, 2.05) is 0 Å². The van der Waals surface area contributed by atoms with Crippen molar-refractivity contribution in [2.24, 2.45) is 4.40 Å². The Kier molecular flexibility index (Phi) is 4.33. The first-order valence-electron chi connectivity index (χ1n) is 8.80. The fraction of sp³-hybridized carbons (Fsp3) is 0.0526. The number of benzene rings is 1. The first-order valence-corrected chi connectivity index (χ1v) is 11.2. The zero-order valence-corrected chi connectivity index (χ0v) is 16.9. The molecular formula is C19H16N4O5S2. The van der Waals surface area contributed by atoms with Crippen LogP contribution in [-0.2, 0) is 6.54 Å². The van der Waals surface area contributed by atoms with Crippen LogP contribution in [0.5, 0.6) is 5.75 Å². The van der Waals surface area contributed by atoms with Gasteiger partial charge < -0.3 is 20.3 Å². The van der Waals surface area contributed by atoms with E-state index in [9.17, 15) is 19.0 Å². The van der Waals surface area contributed by atoms with Crippen LogP contribution < -0.4 is 16.3 Å². The largest absolute Gasteiger partial charge is 0.505 e. The highest BCUT2D eigenvalue weighted by atomic mass is 32.3. The molecule has 0 fully saturated rings. The van der Waals surface area contributed by atoms with Gasteiger partial charge in [-0.15, -0.1) is 15.7 Å². The summed E-state index contributed by atoms with van der Waals surface area (Å²) in [5.74, 6) is -0.377. The predicted octanol–water partition coefficient (Wildman–Crippen LogP) is 4.00. The van der Waals surface area contributed by atoms with Gasteiger partial charge in [-0.05, 0) is 29.6 Å². The molecule has 1 aromatic carbocycles. The van der Waals surface area contributed by atoms with Gasteiger partial charge in [0.05, 0.1) is 35.0 Å². The number of furan rings is 1. The molecule has 0 saturated carbocycles. The molecule has 5 N–H and O–H groups in total. The number of nitrogens with zero attached hydrogens (tertiary/aromatic N) is 2. The Labute approximate surface area is 175 Å². The molecule has 0 amide bonds. The molecule has 4 aromatic rings. The summed E-state index contributed by atoms with van der Waals surface area (Å²) in [6.45, 7) is 0.309. The van der Waals surface area contributed by atoms with Gasteiger partial charge in [0.2, 0.25) is 0 Å². The number of fused-ring (bicyclic) bond motifs is 2. The summed E-state index contributed by atoms with van der Waals surface area (Å²) >= 11 is 1.25. The van der Waals surface area contributed by atoms with Crippen molar-refractivity contribution in [3.05, 3.63) is 75.8 Å². The van der Waals surface area contributed by atoms with Crippen LogP contribution in [0.15, 0.2) is 72.8 Å². The van der Waals surface area contributed by atoms with Crippen molar-refractivity contribution >= 4 is 43.9 Å². The van der Waals surface area contributed by atoms with E-state index in [-0.39, 0.29) is 22.0 Å². The number of hydrogen-bond acceptors (Lipinski definition) is 9. The van der Waals surface area contributed by atoms with E-state index in [2.05, 4.69) is 15.1 Å². The molecule has 0 spiro atoms. The molecule has 1 aliphatic rings. The summed E-state index contributed by atoms with van der Waals surface area (Å²) < 4.78 is 31.8. The van der Waals surface area contributed by atoms with Crippen molar-refractivity contribution < 1.29 is 18.6 Å². The molecule has 0 saturated heterocycles. The molecular weight excluding hydrogens is 428 g/mol. The zero-order chi connectivity index (χ0) is 20.9. The zero-order valence-electron chi connectivity index (χ0n) is 15.3. The molecule has 0 atom stereocenters. The summed E-state index contributed by atoms with van der Waals surface area (Å²) in [6, 6.07) is 10.1. The predicted molar refractivity (Wildman–Crippen MR) is 117 cm³/mol. The van der Waals surface area contributed by atoms with Crippen molar-refractivity contribution in [3.63, 3.8) is 0 Å². The number of pyridine rings is 1. The average Bonchev–Trinajstić information content (AvgIpc) is 3.40. The minimum atomic E-state index is -3.54. The number of aromatic nitrogens is 1. The van der Waals surface area contributed by atoms with Gasteiger partial charge in [-0.2, -0.15) is 0 Å². The highest BCUT2D eigenvalue weighted by Crippen LogP contribution is 2.55. The lowest BCUT2D eigenvalue weighted by molar-refractivity contribution is 0.479. The molecule has 4 heterocycles. The van der Waals surface area contributed by atoms with Gasteiger partial charge in [0.25, 0.3) is 5.56 Å². The van der Waals surface area contributed by atoms with Crippen molar-refractivity contribution in [1.82, 2.24) is 4.68 Å². The number of hydrogen-bond donors (Lipinski definition) is 5. The smallest absolute Gasteiger partial charge is 0.284 e. The summed E-state index contributed by atoms with van der Waals surface area (Å²) in [5, 5.41) is 15.5. The maximum Gasteiger partial charge on any atom is 0.284 e. The molecule has 5 rings (SSSR count). The molecule has 154 valence electrons. The second kappa shape index (κ2) is 6.92. The number of aromatic hydroxyl groups is 1. The van der Waals surface area contributed by atoms with E-state index in [1.54, 1.807) is 48.0 Å². The van der Waals surface area contributed by atoms with Gasteiger partial charge in [0, 0.05) is 5.56 Å². The Morgan fingerprint density at radius 2 is 2.07 bits per heavy atom. The molecule has 30 heavy (non-hydrogen) atoms. The first-order chi connectivity index (χ1) is 14.5. The number of rotatable bonds is 4. The van der Waals surface area contributed by atoms with E-state index in [4.69, 9.17) is 4.42 Å². The lowest BCUT2D eigenvalue weighted by atomic mass is 10.2. The van der Waals surface area contributed by atoms with Crippen molar-refractivity contribution in [2.75, 3.05) is 10.7 Å². The van der Waals surface area contributed by atoms with E-state index in [1.165, 1.54) is 22.3 Å². The normalized spacial score (nSPS) is 15.9. The van der Waals surface area contributed by atoms with Crippen LogP contribution in [0.1, 0.15) is 11.1 Å². The number of thiophene rings is 1. The summed E-state index contributed by atoms with van der Waals surface area (Å²) in [7, 11) is -3.54. The minimum absolute atomic E-state index is 0.106. The molecule has 0 aliphatic carbocycles. The standard InChI is InChI=1S/C19H16N4O5S2/c24-16-15(18-21-12-3-1-2-4-14(12)30(26,27)22-18)19(25)23(13-6-8-29-17(13)16)20-9-11-5-7-28-10-11/h1-8,10,20,24,26-27H,9H2,(H,21,22). The van der Waals surface area contributed by atoms with Crippen LogP contribution in [0.25, 0.3) is 10.2 Å². The average molecular weight is 444 g/mol. The van der Waals surface area contributed by atoms with Crippen molar-refractivity contribution in [3.8, 4) is 5.75 Å². The Balaban J connectivity index is 1.67. The second-order valence-corrected chi connectivity index (χ2v) is 9.12. The van der Waals surface area contributed by atoms with Gasteiger partial charge >= 0.3 is 0 Å². The maximum absolute atomic E-state index is 13.3. The number of anilines is 1. The third-order valence-corrected chi connectivity index (χ3v) is 6.96. The van der Waals surface area contributed by atoms with Gasteiger partial charge in [0.1, 0.15) is 10.5 Å². The Hall–Kier alpha value is -3.25. The fourth-order valence-electron chi connectivity index (χ4n) is 3.27. The van der Waals surface area contributed by atoms with Gasteiger partial charge in [-0.25, -0.2) is 4.68 Å². The third kappa shape index (κ3) is 2.95. The molecule has 0 radical (unpaired) electrons. The lowest BCUT2D eigenvalue weighted by Crippen LogP contribution is -2.35. The van der Waals surface area contributed by atoms with Crippen molar-refractivity contribution in [1.29, 1.82) is 0 Å². The van der Waals surface area contributed by atoms with Crippen LogP contribution >= 0.6 is 22.1 Å². The van der Waals surface area contributed by atoms with Gasteiger partial charge in [-0.3, -0.25) is 13.9 Å². The highest BCUT2D eigenvalue weighted by molar-refractivity contribution is 8.23. The third-order valence-electron chi connectivity index (χ3n) is 4.67. The molecule has 0 unspecified atom stereocenters. The van der Waals surface area contributed by atoms with Crippen molar-refractivity contribution in [2.45, 2.75) is 11.4 Å². The highest BCUT2D eigenvalue weighted by Gasteiger charge is 2.30. The van der Waals surface area contributed by atoms with Crippen LogP contribution in [0.3, 0.4) is 0 Å². The van der Waals surface area contributed by atoms with Gasteiger partial charge in [-0.1, -0.05) is 22.9 Å². The Bertz CT molecular complexity index is 1340. The topological polar surface area (TPSA) is 132 Å². The second-order valence-electron chi connectivity index (χ2n) is 6.55. The van der Waals surface area contributed by atoms with Crippen LogP contribution in [0.2, 0.25) is 0 Å². The molecule has 11 heteroatoms. The molecule has 3 aromatic heterocycles. The number of para-hydroxylation sites is 1. The Morgan fingerprint density at radius 1 is 1.23 bits per heavy atom. The number of nitrogens with one attached hydrogen (secondary N) is 2. The summed E-state index contributed by atoms with van der Waals surface area (Å²) in [4.78, 5) is 13.6. The molecule has 1 aliphatic heterocycles. The van der Waals surface area contributed by atoms with Crippen LogP contribution in [0, 0.1) is 0 Å². The van der Waals surface area contributed by atoms with Crippen LogP contribution in [-0.4, -0.2) is 24.7 Å². The van der Waals surface area contributed by atoms with Gasteiger partial charge in [0.15, 0.2) is 11.6 Å². The monoisotopic (exact) mass is 444 g/mol. The van der Waals surface area contributed by atoms with Crippen LogP contribution in [0.4, 0.5) is 5.69 Å². The summed E-state index contributed by atoms with van der Waals surface area (Å²) in [5.41, 5.74) is 4.03. The Morgan fingerprint density at radius 3 is 2.87 bits per heavy atom. The maximum atomic E-state index is 13.3. The number of amidine groups is 1. The minimum Gasteiger partial charge on any atom is -0.505 e. The SMILES string of the molecule is O=c1c(C2=NS(O)(O)c3ccccc3N2)c(O)c2sccc2n1NCc1ccoc1. The van der Waals surface area contributed by atoms with E-state index in [0.717, 1.165) is 5.56 Å². The van der Waals surface area contributed by atoms with E-state index in [0.29, 0.717) is 22.4 Å². The lowest BCUT2D eigenvalue weighted by Gasteiger charge is -2.34. The molecule has 9 nitrogen and oxygen atoms in total. The van der Waals surface area contributed by atoms with E-state index >= 15 is 0 Å². The molecule has 0 bridgehead atoms. The summed E-state index contributed by atoms with van der Waals surface area (Å²) in [6.07, 6.45) is 3.09. The fourth-order valence-corrected chi connectivity index (χ4v) is 5.26. The first kappa shape index (κ1) is 18.8. The quantitative estimate of drug-likeness (QED) is 0.321. The van der Waals surface area contributed by atoms with E-state index < -0.39 is 16.3 Å².